The van der Waals surface area contributed by atoms with Gasteiger partial charge in [0, 0.05) is 11.8 Å². The van der Waals surface area contributed by atoms with E-state index in [0.717, 1.165) is 0 Å². The fourth-order valence-corrected chi connectivity index (χ4v) is 2.77. The monoisotopic (exact) mass is 292 g/mol. The molecule has 0 amide bonds. The van der Waals surface area contributed by atoms with Crippen LogP contribution in [0.5, 0.6) is 0 Å². The van der Waals surface area contributed by atoms with Crippen LogP contribution < -0.4 is 0 Å². The summed E-state index contributed by atoms with van der Waals surface area (Å²) >= 11 is 0. The smallest absolute Gasteiger partial charge is 0.358 e. The Kier molecular flexibility index (Phi) is 9.33. The molecule has 0 atom stereocenters. The predicted octanol–water partition coefficient (Wildman–Crippen LogP) is 3.45. The van der Waals surface area contributed by atoms with Gasteiger partial charge >= 0.3 is 26.2 Å². The second-order valence-electron chi connectivity index (χ2n) is 3.33. The van der Waals surface area contributed by atoms with Crippen LogP contribution in [0.25, 0.3) is 0 Å². The number of allylic oxidation sites excluding steroid dienone is 4. The standard InChI is InChI=1S/C11H12Si.2CH3.Zr/c1-12(2)11-8-7-9-5-3-4-6-10(9)11;;;/h3-8H,1-2H3;2*1H3;/q;2*-1;+3. The zero-order valence-electron chi connectivity index (χ0n) is 9.96. The van der Waals surface area contributed by atoms with Gasteiger partial charge in [0.25, 0.3) is 0 Å². The molecule has 0 spiro atoms. The molecule has 0 saturated heterocycles. The summed E-state index contributed by atoms with van der Waals surface area (Å²) in [6.07, 6.45) is 13.1. The van der Waals surface area contributed by atoms with Crippen molar-refractivity contribution in [1.29, 1.82) is 0 Å². The van der Waals surface area contributed by atoms with Crippen molar-refractivity contribution in [1.82, 2.24) is 0 Å². The Morgan fingerprint density at radius 2 is 1.53 bits per heavy atom. The van der Waals surface area contributed by atoms with Gasteiger partial charge in [-0.1, -0.05) is 37.4 Å². The van der Waals surface area contributed by atoms with Gasteiger partial charge in [0.2, 0.25) is 0 Å². The summed E-state index contributed by atoms with van der Waals surface area (Å²) in [6.45, 7) is 4.68. The summed E-state index contributed by atoms with van der Waals surface area (Å²) in [6, 6.07) is 0. The fraction of sp³-hybridized carbons (Fsp3) is 0.154. The van der Waals surface area contributed by atoms with Crippen molar-refractivity contribution < 1.29 is 26.2 Å². The Bertz CT molecular complexity index is 221. The third kappa shape index (κ3) is 3.82. The maximum absolute atomic E-state index is 2.34. The van der Waals surface area contributed by atoms with E-state index in [-0.39, 0.29) is 49.9 Å². The van der Waals surface area contributed by atoms with Crippen LogP contribution in [0.2, 0.25) is 13.1 Å². The van der Waals surface area contributed by atoms with Crippen molar-refractivity contribution >= 4 is 8.80 Å². The van der Waals surface area contributed by atoms with Crippen molar-refractivity contribution in [2.24, 2.45) is 0 Å². The molecule has 0 aliphatic heterocycles. The van der Waals surface area contributed by atoms with Crippen molar-refractivity contribution in [2.75, 3.05) is 0 Å². The quantitative estimate of drug-likeness (QED) is 0.513. The van der Waals surface area contributed by atoms with E-state index in [1.807, 2.05) is 0 Å². The molecule has 0 aromatic rings. The van der Waals surface area contributed by atoms with E-state index in [0.29, 0.717) is 0 Å². The topological polar surface area (TPSA) is 0 Å². The molecule has 77 valence electrons. The van der Waals surface area contributed by atoms with E-state index in [4.69, 9.17) is 0 Å². The molecule has 0 aromatic carbocycles. The molecule has 0 unspecified atom stereocenters. The molecule has 15 heavy (non-hydrogen) atoms. The maximum atomic E-state index is 2.34. The molecule has 1 fully saturated rings. The average molecular weight is 294 g/mol. The molecule has 2 rings (SSSR count). The van der Waals surface area contributed by atoms with Gasteiger partial charge < -0.3 is 14.9 Å². The summed E-state index contributed by atoms with van der Waals surface area (Å²) in [5.74, 6) is 2.84. The van der Waals surface area contributed by atoms with Crippen LogP contribution in [0.4, 0.5) is 0 Å². The molecular formula is C13H18SiZr+. The molecule has 2 aliphatic carbocycles. The first-order valence-corrected chi connectivity index (χ1v) is 6.74. The summed E-state index contributed by atoms with van der Waals surface area (Å²) in [5.41, 5.74) is 1.57. The zero-order valence-corrected chi connectivity index (χ0v) is 13.4. The van der Waals surface area contributed by atoms with Crippen LogP contribution in [-0.4, -0.2) is 8.80 Å². The largest absolute Gasteiger partial charge is 3.00 e. The van der Waals surface area contributed by atoms with Gasteiger partial charge in [0.1, 0.15) is 0 Å². The Labute approximate surface area is 117 Å². The van der Waals surface area contributed by atoms with E-state index >= 15 is 0 Å². The number of fused-ring (bicyclic) bond motifs is 1. The van der Waals surface area contributed by atoms with Crippen molar-refractivity contribution in [3.05, 3.63) is 69.4 Å². The first-order chi connectivity index (χ1) is 5.79. The van der Waals surface area contributed by atoms with Crippen LogP contribution >= 0.6 is 0 Å². The van der Waals surface area contributed by atoms with E-state index in [9.17, 15) is 0 Å². The van der Waals surface area contributed by atoms with Gasteiger partial charge in [-0.2, -0.15) is 0 Å². The Balaban J connectivity index is 0. The minimum atomic E-state index is -0.294. The van der Waals surface area contributed by atoms with E-state index in [1.165, 1.54) is 11.8 Å². The fourth-order valence-electron chi connectivity index (χ4n) is 1.59. The minimum absolute atomic E-state index is 0. The molecule has 1 saturated carbocycles. The average Bonchev–Trinajstić information content (AvgIpc) is 2.47. The van der Waals surface area contributed by atoms with E-state index in [1.54, 1.807) is 5.54 Å². The van der Waals surface area contributed by atoms with Crippen LogP contribution in [0.1, 0.15) is 0 Å². The van der Waals surface area contributed by atoms with Gasteiger partial charge in [-0.05, 0) is 18.4 Å². The molecule has 0 nitrogen and oxygen atoms in total. The van der Waals surface area contributed by atoms with Gasteiger partial charge in [0.15, 0.2) is 0 Å². The zero-order chi connectivity index (χ0) is 8.55. The molecule has 2 aliphatic rings. The van der Waals surface area contributed by atoms with Crippen LogP contribution in [0.3, 0.4) is 0 Å². The van der Waals surface area contributed by atoms with Crippen LogP contribution in [0, 0.1) is 45.1 Å². The molecule has 0 bridgehead atoms. The molecule has 0 N–H and O–H groups in total. The van der Waals surface area contributed by atoms with Gasteiger partial charge in [-0.25, -0.2) is 0 Å². The first kappa shape index (κ1) is 18.0. The SMILES string of the molecule is C[Si](C)[C]1[CH][CH][C]2C=CC=C[C]21.[CH3-].[CH3-].[Zr+3]. The van der Waals surface area contributed by atoms with E-state index in [2.05, 4.69) is 50.2 Å². The molecule has 7 radical (unpaired) electrons. The summed E-state index contributed by atoms with van der Waals surface area (Å²) < 4.78 is 0. The molecule has 0 heterocycles. The van der Waals surface area contributed by atoms with Crippen molar-refractivity contribution in [3.63, 3.8) is 0 Å². The number of rotatable bonds is 1. The molecular weight excluding hydrogens is 275 g/mol. The minimum Gasteiger partial charge on any atom is -0.358 e. The summed E-state index contributed by atoms with van der Waals surface area (Å²) in [4.78, 5) is 0. The first-order valence-electron chi connectivity index (χ1n) is 4.24. The van der Waals surface area contributed by atoms with Gasteiger partial charge in [-0.15, -0.1) is 0 Å². The summed E-state index contributed by atoms with van der Waals surface area (Å²) in [7, 11) is -0.294. The number of hydrogen-bond donors (Lipinski definition) is 0. The van der Waals surface area contributed by atoms with Crippen molar-refractivity contribution in [3.8, 4) is 0 Å². The summed E-state index contributed by atoms with van der Waals surface area (Å²) in [5, 5.41) is 0. The van der Waals surface area contributed by atoms with Crippen LogP contribution in [0.15, 0.2) is 24.3 Å². The van der Waals surface area contributed by atoms with Crippen LogP contribution in [-0.2, 0) is 26.2 Å². The normalized spacial score (nSPS) is 20.5. The second-order valence-corrected chi connectivity index (χ2v) is 5.87. The Morgan fingerprint density at radius 3 is 2.13 bits per heavy atom. The van der Waals surface area contributed by atoms with Crippen molar-refractivity contribution in [2.45, 2.75) is 13.1 Å². The third-order valence-electron chi connectivity index (χ3n) is 2.22. The Morgan fingerprint density at radius 1 is 0.933 bits per heavy atom. The molecule has 0 aromatic heterocycles. The second kappa shape index (κ2) is 7.79. The van der Waals surface area contributed by atoms with Gasteiger partial charge in [0.05, 0.1) is 8.80 Å². The number of hydrogen-bond acceptors (Lipinski definition) is 0. The Hall–Kier alpha value is 0.580. The molecule has 2 heteroatoms. The third-order valence-corrected chi connectivity index (χ3v) is 3.73. The maximum Gasteiger partial charge on any atom is 3.00 e. The van der Waals surface area contributed by atoms with E-state index < -0.39 is 0 Å². The predicted molar refractivity (Wildman–Crippen MR) is 66.9 cm³/mol. The van der Waals surface area contributed by atoms with Gasteiger partial charge in [-0.3, -0.25) is 0 Å².